The molecule has 1 aromatic carbocycles. The van der Waals surface area contributed by atoms with E-state index in [4.69, 9.17) is 16.8 Å². The predicted molar refractivity (Wildman–Crippen MR) is 120 cm³/mol. The smallest absolute Gasteiger partial charge is 0.227 e. The minimum Gasteiger partial charge on any atom is -0.437 e. The molecule has 3 heteroatoms. The highest BCUT2D eigenvalue weighted by atomic mass is 16.3. The Kier molecular flexibility index (Phi) is 2.89. The van der Waals surface area contributed by atoms with Crippen molar-refractivity contribution < 1.29 is 21.3 Å². The number of hydrogen-bond acceptors (Lipinski definition) is 2. The Balaban J connectivity index is 2.09. The number of nitrogens with zero attached hydrogens (tertiary/aromatic N) is 2. The summed E-state index contributed by atoms with van der Waals surface area (Å²) >= 11 is 0. The van der Waals surface area contributed by atoms with Gasteiger partial charge in [0.2, 0.25) is 11.4 Å². The van der Waals surface area contributed by atoms with Gasteiger partial charge in [-0.1, -0.05) is 39.8 Å². The second kappa shape index (κ2) is 7.29. The molecule has 1 atom stereocenters. The molecule has 0 aliphatic rings. The van der Waals surface area contributed by atoms with E-state index in [1.165, 1.54) is 12.3 Å². The van der Waals surface area contributed by atoms with Gasteiger partial charge in [0.1, 0.15) is 7.05 Å². The van der Waals surface area contributed by atoms with Gasteiger partial charge in [0.15, 0.2) is 11.8 Å². The molecule has 0 saturated heterocycles. The molecular weight excluding hydrogens is 356 g/mol. The summed E-state index contributed by atoms with van der Waals surface area (Å²) in [4.78, 5) is 4.67. The fourth-order valence-corrected chi connectivity index (χ4v) is 3.68. The van der Waals surface area contributed by atoms with Crippen molar-refractivity contribution in [1.82, 2.24) is 4.98 Å². The van der Waals surface area contributed by atoms with Crippen molar-refractivity contribution in [2.75, 3.05) is 0 Å². The zero-order valence-corrected chi connectivity index (χ0v) is 17.3. The highest BCUT2D eigenvalue weighted by Gasteiger charge is 2.23. The van der Waals surface area contributed by atoms with Gasteiger partial charge >= 0.3 is 0 Å². The SMILES string of the molecule is [2H]C([2H])([2H])c1c[n+](C)c(-c2c(C)ccc3c2oc2nc(C(C)C)ccc23)cc1C([2H])([2H])C([2H])(C)C([2H])([2H])[2H]. The molecule has 3 nitrogen and oxygen atoms in total. The Morgan fingerprint density at radius 1 is 1.17 bits per heavy atom. The van der Waals surface area contributed by atoms with Crippen LogP contribution in [0.15, 0.2) is 40.9 Å². The molecule has 0 amide bonds. The molecule has 0 fully saturated rings. The van der Waals surface area contributed by atoms with Crippen LogP contribution in [0.1, 0.15) is 68.3 Å². The lowest BCUT2D eigenvalue weighted by Gasteiger charge is -2.11. The fraction of sp³-hybridized carbons (Fsp3) is 0.385. The van der Waals surface area contributed by atoms with Crippen LogP contribution in [0.2, 0.25) is 0 Å². The van der Waals surface area contributed by atoms with Gasteiger partial charge in [0, 0.05) is 40.4 Å². The number of aromatic nitrogens is 2. The summed E-state index contributed by atoms with van der Waals surface area (Å²) in [6.07, 6.45) is -1.55. The van der Waals surface area contributed by atoms with Gasteiger partial charge in [-0.3, -0.25) is 0 Å². The minimum absolute atomic E-state index is 0.196. The number of pyridine rings is 2. The molecule has 1 unspecified atom stereocenters. The van der Waals surface area contributed by atoms with Crippen LogP contribution in [0.25, 0.3) is 33.3 Å². The summed E-state index contributed by atoms with van der Waals surface area (Å²) < 4.78 is 81.5. The second-order valence-electron chi connectivity index (χ2n) is 7.83. The normalized spacial score (nSPS) is 20.0. The van der Waals surface area contributed by atoms with Crippen LogP contribution in [-0.2, 0) is 13.4 Å². The summed E-state index contributed by atoms with van der Waals surface area (Å²) in [5, 5.41) is 1.60. The van der Waals surface area contributed by atoms with Crippen molar-refractivity contribution in [3.8, 4) is 11.3 Å². The highest BCUT2D eigenvalue weighted by molar-refractivity contribution is 6.08. The van der Waals surface area contributed by atoms with Crippen LogP contribution in [0.3, 0.4) is 0 Å². The van der Waals surface area contributed by atoms with E-state index >= 15 is 0 Å². The van der Waals surface area contributed by atoms with E-state index in [0.29, 0.717) is 22.6 Å². The Hall–Kier alpha value is -2.68. The third-order valence-electron chi connectivity index (χ3n) is 5.18. The van der Waals surface area contributed by atoms with Gasteiger partial charge in [0.25, 0.3) is 0 Å². The molecular formula is C26H31N2O+. The molecule has 150 valence electrons. The van der Waals surface area contributed by atoms with Gasteiger partial charge in [-0.2, -0.15) is 0 Å². The summed E-state index contributed by atoms with van der Waals surface area (Å²) in [7, 11) is 1.64. The van der Waals surface area contributed by atoms with Crippen molar-refractivity contribution in [3.05, 3.63) is 58.9 Å². The van der Waals surface area contributed by atoms with Crippen LogP contribution in [-0.4, -0.2) is 4.98 Å². The Labute approximate surface area is 186 Å². The first-order chi connectivity index (χ1) is 17.3. The molecule has 4 aromatic rings. The first-order valence-corrected chi connectivity index (χ1v) is 9.67. The van der Waals surface area contributed by atoms with Crippen molar-refractivity contribution in [1.29, 1.82) is 0 Å². The Morgan fingerprint density at radius 3 is 2.69 bits per heavy atom. The van der Waals surface area contributed by atoms with Crippen LogP contribution < -0.4 is 4.57 Å². The number of fused-ring (bicyclic) bond motifs is 3. The topological polar surface area (TPSA) is 29.9 Å². The molecule has 29 heavy (non-hydrogen) atoms. The van der Waals surface area contributed by atoms with Crippen molar-refractivity contribution in [3.63, 3.8) is 0 Å². The van der Waals surface area contributed by atoms with Gasteiger partial charge in [-0.05, 0) is 55.2 Å². The third kappa shape index (κ3) is 3.43. The Morgan fingerprint density at radius 2 is 1.97 bits per heavy atom. The molecule has 0 aliphatic carbocycles. The predicted octanol–water partition coefficient (Wildman–Crippen LogP) is 6.41. The van der Waals surface area contributed by atoms with Crippen molar-refractivity contribution in [2.24, 2.45) is 12.9 Å². The zero-order valence-electron chi connectivity index (χ0n) is 26.3. The first kappa shape index (κ1) is 11.5. The van der Waals surface area contributed by atoms with Crippen molar-refractivity contribution >= 4 is 22.1 Å². The molecule has 3 aromatic heterocycles. The number of benzene rings is 1. The number of furan rings is 1. The van der Waals surface area contributed by atoms with E-state index < -0.39 is 26.0 Å². The van der Waals surface area contributed by atoms with Gasteiger partial charge < -0.3 is 4.42 Å². The molecule has 0 spiro atoms. The Bertz CT molecular complexity index is 1550. The number of rotatable bonds is 4. The maximum absolute atomic E-state index is 8.77. The average Bonchev–Trinajstić information content (AvgIpc) is 3.15. The molecule has 0 N–H and O–H groups in total. The van der Waals surface area contributed by atoms with Crippen LogP contribution in [0.4, 0.5) is 0 Å². The zero-order chi connectivity index (χ0) is 28.6. The third-order valence-corrected chi connectivity index (χ3v) is 5.18. The minimum atomic E-state index is -3.02. The van der Waals surface area contributed by atoms with Gasteiger partial charge in [-0.25, -0.2) is 9.55 Å². The lowest BCUT2D eigenvalue weighted by Crippen LogP contribution is -2.32. The van der Waals surface area contributed by atoms with E-state index in [2.05, 4.69) is 4.98 Å². The molecule has 0 radical (unpaired) electrons. The second-order valence-corrected chi connectivity index (χ2v) is 7.83. The first-order valence-electron chi connectivity index (χ1n) is 14.2. The van der Waals surface area contributed by atoms with E-state index in [0.717, 1.165) is 29.0 Å². The lowest BCUT2D eigenvalue weighted by atomic mass is 9.95. The maximum Gasteiger partial charge on any atom is 0.227 e. The molecule has 0 aliphatic heterocycles. The van der Waals surface area contributed by atoms with E-state index in [9.17, 15) is 0 Å². The van der Waals surface area contributed by atoms with E-state index in [1.807, 2.05) is 45.0 Å². The van der Waals surface area contributed by atoms with Crippen LogP contribution in [0, 0.1) is 19.7 Å². The lowest BCUT2D eigenvalue weighted by molar-refractivity contribution is -0.660. The maximum atomic E-state index is 8.77. The average molecular weight is 397 g/mol. The van der Waals surface area contributed by atoms with E-state index in [-0.39, 0.29) is 17.0 Å². The van der Waals surface area contributed by atoms with Crippen LogP contribution in [0.5, 0.6) is 0 Å². The molecule has 0 bridgehead atoms. The summed E-state index contributed by atoms with van der Waals surface area (Å²) in [5.74, 6) is -2.43. The quantitative estimate of drug-likeness (QED) is 0.373. The largest absolute Gasteiger partial charge is 0.437 e. The van der Waals surface area contributed by atoms with Gasteiger partial charge in [0.05, 0.1) is 5.56 Å². The fourth-order valence-electron chi connectivity index (χ4n) is 3.68. The number of hydrogen-bond donors (Lipinski definition) is 0. The highest BCUT2D eigenvalue weighted by Crippen LogP contribution is 2.37. The molecule has 3 heterocycles. The molecule has 4 rings (SSSR count). The summed E-state index contributed by atoms with van der Waals surface area (Å²) in [5.41, 5.74) is 2.92. The van der Waals surface area contributed by atoms with Gasteiger partial charge in [-0.15, -0.1) is 0 Å². The number of aryl methyl sites for hydroxylation is 3. The van der Waals surface area contributed by atoms with Crippen molar-refractivity contribution in [2.45, 2.75) is 53.7 Å². The van der Waals surface area contributed by atoms with E-state index in [1.54, 1.807) is 11.6 Å². The molecule has 0 saturated carbocycles. The summed E-state index contributed by atoms with van der Waals surface area (Å²) in [6.45, 7) is 1.13. The monoisotopic (exact) mass is 396 g/mol. The summed E-state index contributed by atoms with van der Waals surface area (Å²) in [6, 6.07) is 9.06. The standard InChI is InChI=1S/C26H31N2O/c1-15(2)12-19-13-23(28(7)14-18(19)6)24-17(5)8-9-20-21-10-11-22(16(3)4)27-26(21)29-25(20)24/h8-11,13-16H,12H2,1-7H3/q+1/i1D3,6D3,12D2,15D. The van der Waals surface area contributed by atoms with Crippen LogP contribution >= 0.6 is 0 Å².